The summed E-state index contributed by atoms with van der Waals surface area (Å²) in [7, 11) is 0. The van der Waals surface area contributed by atoms with Crippen LogP contribution in [0.1, 0.15) is 13.8 Å². The van der Waals surface area contributed by atoms with E-state index in [4.69, 9.17) is 19.9 Å². The van der Waals surface area contributed by atoms with Gasteiger partial charge in [0.05, 0.1) is 12.6 Å². The van der Waals surface area contributed by atoms with Gasteiger partial charge in [-0.25, -0.2) is 0 Å². The Morgan fingerprint density at radius 2 is 2.10 bits per heavy atom. The van der Waals surface area contributed by atoms with Crippen molar-refractivity contribution >= 4 is 11.6 Å². The number of benzene rings is 1. The summed E-state index contributed by atoms with van der Waals surface area (Å²) in [5.74, 6) is 1.27. The number of morpholine rings is 1. The van der Waals surface area contributed by atoms with Crippen LogP contribution in [-0.2, 0) is 9.53 Å². The van der Waals surface area contributed by atoms with E-state index < -0.39 is 5.60 Å². The van der Waals surface area contributed by atoms with Gasteiger partial charge in [0.1, 0.15) is 5.60 Å². The van der Waals surface area contributed by atoms with Gasteiger partial charge in [-0.2, -0.15) is 0 Å². The van der Waals surface area contributed by atoms with Gasteiger partial charge in [0.2, 0.25) is 6.79 Å². The molecule has 6 nitrogen and oxygen atoms in total. The molecule has 1 aromatic rings. The molecule has 20 heavy (non-hydrogen) atoms. The Morgan fingerprint density at radius 3 is 2.85 bits per heavy atom. The van der Waals surface area contributed by atoms with Crippen molar-refractivity contribution in [1.29, 1.82) is 0 Å². The second-order valence-corrected chi connectivity index (χ2v) is 5.44. The molecule has 0 bridgehead atoms. The summed E-state index contributed by atoms with van der Waals surface area (Å²) in [6, 6.07) is 5.47. The van der Waals surface area contributed by atoms with Crippen LogP contribution in [0, 0.1) is 0 Å². The van der Waals surface area contributed by atoms with Crippen molar-refractivity contribution in [2.24, 2.45) is 5.73 Å². The van der Waals surface area contributed by atoms with Gasteiger partial charge >= 0.3 is 0 Å². The highest BCUT2D eigenvalue weighted by Gasteiger charge is 2.41. The average molecular weight is 278 g/mol. The van der Waals surface area contributed by atoms with E-state index in [9.17, 15) is 4.79 Å². The monoisotopic (exact) mass is 278 g/mol. The third-order valence-corrected chi connectivity index (χ3v) is 3.54. The predicted octanol–water partition coefficient (Wildman–Crippen LogP) is 0.884. The lowest BCUT2D eigenvalue weighted by Gasteiger charge is -2.41. The van der Waals surface area contributed by atoms with Gasteiger partial charge in [-0.15, -0.1) is 0 Å². The lowest BCUT2D eigenvalue weighted by Crippen LogP contribution is -2.59. The first-order chi connectivity index (χ1) is 9.51. The topological polar surface area (TPSA) is 74.0 Å². The van der Waals surface area contributed by atoms with Crippen molar-refractivity contribution in [2.75, 3.05) is 24.8 Å². The van der Waals surface area contributed by atoms with Crippen LogP contribution in [0.5, 0.6) is 11.5 Å². The molecule has 0 radical (unpaired) electrons. The lowest BCUT2D eigenvalue weighted by atomic mass is 10.0. The van der Waals surface area contributed by atoms with Crippen molar-refractivity contribution in [3.8, 4) is 11.5 Å². The second-order valence-electron chi connectivity index (χ2n) is 5.44. The molecule has 1 unspecified atom stereocenters. The summed E-state index contributed by atoms with van der Waals surface area (Å²) in [4.78, 5) is 14.2. The first-order valence-electron chi connectivity index (χ1n) is 6.61. The molecule has 0 aromatic heterocycles. The maximum atomic E-state index is 12.5. The summed E-state index contributed by atoms with van der Waals surface area (Å²) in [6.07, 6.45) is -0.173. The van der Waals surface area contributed by atoms with Crippen LogP contribution in [0.2, 0.25) is 0 Å². The van der Waals surface area contributed by atoms with Crippen molar-refractivity contribution in [3.63, 3.8) is 0 Å². The van der Waals surface area contributed by atoms with E-state index in [1.807, 2.05) is 18.2 Å². The van der Waals surface area contributed by atoms with Crippen LogP contribution in [0.15, 0.2) is 18.2 Å². The number of hydrogen-bond donors (Lipinski definition) is 1. The van der Waals surface area contributed by atoms with E-state index in [2.05, 4.69) is 0 Å². The van der Waals surface area contributed by atoms with Crippen LogP contribution in [0.3, 0.4) is 0 Å². The number of carbonyl (C=O) groups excluding carboxylic acids is 1. The zero-order valence-corrected chi connectivity index (χ0v) is 11.6. The number of ether oxygens (including phenoxy) is 3. The second kappa shape index (κ2) is 4.64. The highest BCUT2D eigenvalue weighted by Crippen LogP contribution is 2.37. The zero-order valence-electron chi connectivity index (χ0n) is 11.6. The molecular weight excluding hydrogens is 260 g/mol. The maximum Gasteiger partial charge on any atom is 0.258 e. The number of amides is 1. The number of rotatable bonds is 2. The van der Waals surface area contributed by atoms with E-state index in [1.165, 1.54) is 0 Å². The molecule has 3 rings (SSSR count). The molecule has 2 heterocycles. The van der Waals surface area contributed by atoms with Crippen LogP contribution >= 0.6 is 0 Å². The summed E-state index contributed by atoms with van der Waals surface area (Å²) in [5, 5.41) is 0. The molecule has 6 heteroatoms. The van der Waals surface area contributed by atoms with Crippen LogP contribution in [-0.4, -0.2) is 37.5 Å². The van der Waals surface area contributed by atoms with E-state index in [0.29, 0.717) is 24.6 Å². The van der Waals surface area contributed by atoms with Crippen LogP contribution in [0.4, 0.5) is 5.69 Å². The molecular formula is C14H18N2O4. The Morgan fingerprint density at radius 1 is 1.35 bits per heavy atom. The molecule has 0 saturated carbocycles. The fraction of sp³-hybridized carbons (Fsp3) is 0.500. The molecule has 2 aliphatic heterocycles. The Labute approximate surface area is 117 Å². The van der Waals surface area contributed by atoms with Gasteiger partial charge in [0.25, 0.3) is 5.91 Å². The van der Waals surface area contributed by atoms with Gasteiger partial charge in [-0.1, -0.05) is 0 Å². The predicted molar refractivity (Wildman–Crippen MR) is 72.9 cm³/mol. The molecule has 0 spiro atoms. The molecule has 1 saturated heterocycles. The fourth-order valence-electron chi connectivity index (χ4n) is 2.51. The Kier molecular flexibility index (Phi) is 3.07. The molecule has 1 fully saturated rings. The summed E-state index contributed by atoms with van der Waals surface area (Å²) in [6.45, 7) is 4.55. The molecule has 0 aliphatic carbocycles. The minimum atomic E-state index is -0.876. The highest BCUT2D eigenvalue weighted by atomic mass is 16.7. The number of hydrogen-bond acceptors (Lipinski definition) is 5. The Balaban J connectivity index is 1.93. The number of anilines is 1. The number of nitrogens with two attached hydrogens (primary N) is 1. The van der Waals surface area contributed by atoms with Gasteiger partial charge in [0, 0.05) is 18.3 Å². The molecule has 108 valence electrons. The van der Waals surface area contributed by atoms with E-state index in [0.717, 1.165) is 5.69 Å². The number of fused-ring (bicyclic) bond motifs is 1. The number of nitrogens with zero attached hydrogens (tertiary/aromatic N) is 1. The smallest absolute Gasteiger partial charge is 0.258 e. The average Bonchev–Trinajstić information content (AvgIpc) is 2.88. The van der Waals surface area contributed by atoms with E-state index in [1.54, 1.807) is 18.7 Å². The summed E-state index contributed by atoms with van der Waals surface area (Å²) >= 11 is 0. The number of carbonyl (C=O) groups is 1. The maximum absolute atomic E-state index is 12.5. The Bertz CT molecular complexity index is 544. The summed E-state index contributed by atoms with van der Waals surface area (Å²) < 4.78 is 16.3. The van der Waals surface area contributed by atoms with E-state index >= 15 is 0 Å². The van der Waals surface area contributed by atoms with Gasteiger partial charge < -0.3 is 24.8 Å². The van der Waals surface area contributed by atoms with Crippen LogP contribution in [0.25, 0.3) is 0 Å². The molecule has 1 amide bonds. The minimum absolute atomic E-state index is 0.0823. The standard InChI is InChI=1S/C14H18N2O4/c1-14(2)13(17)16(7-10(6-15)20-14)9-3-4-11-12(5-9)19-8-18-11/h3-5,10H,6-8,15H2,1-2H3. The normalized spacial score (nSPS) is 24.1. The van der Waals surface area contributed by atoms with Crippen molar-refractivity contribution in [2.45, 2.75) is 25.6 Å². The SMILES string of the molecule is CC1(C)OC(CN)CN(c2ccc3c(c2)OCO3)C1=O. The minimum Gasteiger partial charge on any atom is -0.454 e. The highest BCUT2D eigenvalue weighted by molar-refractivity contribution is 6.00. The first kappa shape index (κ1) is 13.2. The summed E-state index contributed by atoms with van der Waals surface area (Å²) in [5.41, 5.74) is 5.59. The van der Waals surface area contributed by atoms with E-state index in [-0.39, 0.29) is 18.8 Å². The fourth-order valence-corrected chi connectivity index (χ4v) is 2.51. The van der Waals surface area contributed by atoms with Crippen molar-refractivity contribution in [1.82, 2.24) is 0 Å². The third-order valence-electron chi connectivity index (χ3n) is 3.54. The Hall–Kier alpha value is -1.79. The molecule has 2 aliphatic rings. The molecule has 1 aromatic carbocycles. The van der Waals surface area contributed by atoms with Crippen LogP contribution < -0.4 is 20.1 Å². The molecule has 1 atom stereocenters. The van der Waals surface area contributed by atoms with Gasteiger partial charge in [-0.3, -0.25) is 4.79 Å². The quantitative estimate of drug-likeness (QED) is 0.869. The lowest BCUT2D eigenvalue weighted by molar-refractivity contribution is -0.153. The van der Waals surface area contributed by atoms with Crippen molar-refractivity contribution < 1.29 is 19.0 Å². The van der Waals surface area contributed by atoms with Gasteiger partial charge in [-0.05, 0) is 26.0 Å². The molecule has 2 N–H and O–H groups in total. The van der Waals surface area contributed by atoms with Gasteiger partial charge in [0.15, 0.2) is 11.5 Å². The first-order valence-corrected chi connectivity index (χ1v) is 6.61. The third kappa shape index (κ3) is 2.10. The van der Waals surface area contributed by atoms with Crippen molar-refractivity contribution in [3.05, 3.63) is 18.2 Å². The largest absolute Gasteiger partial charge is 0.454 e. The zero-order chi connectivity index (χ0) is 14.3.